The molecule has 6 heteroatoms. The van der Waals surface area contributed by atoms with E-state index >= 15 is 0 Å². The molecule has 2 N–H and O–H groups in total. The lowest BCUT2D eigenvalue weighted by atomic mass is 9.71. The van der Waals surface area contributed by atoms with E-state index < -0.39 is 5.97 Å². The molecule has 1 aromatic heterocycles. The number of carbonyl (C=O) groups excluding carboxylic acids is 1. The molecule has 3 heterocycles. The van der Waals surface area contributed by atoms with Crippen LogP contribution in [-0.2, 0) is 16.0 Å². The number of anilines is 1. The van der Waals surface area contributed by atoms with Crippen LogP contribution < -0.4 is 5.32 Å². The summed E-state index contributed by atoms with van der Waals surface area (Å²) in [6.07, 6.45) is 6.53. The standard InChI is InChI=1S/C16H19N3O3/c1-19-6-4-16(5-7-19)9-12-8-11(2-3-13(20)21)10-17-14(12)18-15(16)22/h2-3,8,10H,4-7,9H2,1H3,(H,20,21)(H,17,18,22)/b3-2+. The number of carbonyl (C=O) groups is 2. The molecule has 1 amide bonds. The molecule has 1 fully saturated rings. The van der Waals surface area contributed by atoms with Crippen LogP contribution in [0.15, 0.2) is 18.3 Å². The quantitative estimate of drug-likeness (QED) is 0.807. The first-order valence-corrected chi connectivity index (χ1v) is 7.38. The summed E-state index contributed by atoms with van der Waals surface area (Å²) >= 11 is 0. The molecular weight excluding hydrogens is 282 g/mol. The number of carboxylic acids is 1. The average molecular weight is 301 g/mol. The Morgan fingerprint density at radius 2 is 2.18 bits per heavy atom. The van der Waals surface area contributed by atoms with Crippen molar-refractivity contribution in [1.82, 2.24) is 9.88 Å². The van der Waals surface area contributed by atoms with E-state index in [2.05, 4.69) is 22.2 Å². The highest BCUT2D eigenvalue weighted by atomic mass is 16.4. The van der Waals surface area contributed by atoms with Crippen LogP contribution in [0.4, 0.5) is 5.82 Å². The summed E-state index contributed by atoms with van der Waals surface area (Å²) in [5, 5.41) is 11.6. The fraction of sp³-hybridized carbons (Fsp3) is 0.438. The smallest absolute Gasteiger partial charge is 0.328 e. The topological polar surface area (TPSA) is 82.5 Å². The van der Waals surface area contributed by atoms with Gasteiger partial charge in [0.15, 0.2) is 0 Å². The van der Waals surface area contributed by atoms with Crippen molar-refractivity contribution in [2.45, 2.75) is 19.3 Å². The molecule has 1 saturated heterocycles. The molecule has 0 bridgehead atoms. The largest absolute Gasteiger partial charge is 0.478 e. The van der Waals surface area contributed by atoms with Gasteiger partial charge in [0, 0.05) is 12.3 Å². The van der Waals surface area contributed by atoms with Crippen molar-refractivity contribution in [1.29, 1.82) is 0 Å². The molecule has 116 valence electrons. The number of likely N-dealkylation sites (tertiary alicyclic amines) is 1. The Kier molecular flexibility index (Phi) is 3.70. The van der Waals surface area contributed by atoms with Gasteiger partial charge in [-0.15, -0.1) is 0 Å². The summed E-state index contributed by atoms with van der Waals surface area (Å²) in [7, 11) is 2.07. The van der Waals surface area contributed by atoms with Gasteiger partial charge in [0.2, 0.25) is 5.91 Å². The van der Waals surface area contributed by atoms with Crippen molar-refractivity contribution in [3.05, 3.63) is 29.5 Å². The molecule has 0 atom stereocenters. The van der Waals surface area contributed by atoms with Gasteiger partial charge in [0.1, 0.15) is 5.82 Å². The highest BCUT2D eigenvalue weighted by Crippen LogP contribution is 2.40. The van der Waals surface area contributed by atoms with Crippen molar-refractivity contribution in [2.75, 3.05) is 25.5 Å². The fourth-order valence-corrected chi connectivity index (χ4v) is 3.17. The Labute approximate surface area is 128 Å². The first-order chi connectivity index (χ1) is 10.5. The molecular formula is C16H19N3O3. The van der Waals surface area contributed by atoms with E-state index in [9.17, 15) is 9.59 Å². The Hall–Kier alpha value is -2.21. The predicted octanol–water partition coefficient (Wildman–Crippen LogP) is 1.39. The number of carboxylic acid groups (broad SMARTS) is 1. The van der Waals surface area contributed by atoms with Crippen LogP contribution in [0.1, 0.15) is 24.0 Å². The maximum Gasteiger partial charge on any atom is 0.328 e. The van der Waals surface area contributed by atoms with Gasteiger partial charge in [-0.05, 0) is 62.7 Å². The van der Waals surface area contributed by atoms with E-state index in [4.69, 9.17) is 5.11 Å². The molecule has 2 aliphatic rings. The second kappa shape index (κ2) is 5.53. The number of nitrogens with zero attached hydrogens (tertiary/aromatic N) is 2. The summed E-state index contributed by atoms with van der Waals surface area (Å²) in [6, 6.07) is 1.92. The van der Waals surface area contributed by atoms with Gasteiger partial charge in [-0.2, -0.15) is 0 Å². The number of rotatable bonds is 2. The zero-order chi connectivity index (χ0) is 15.7. The third-order valence-corrected chi connectivity index (χ3v) is 4.59. The SMILES string of the molecule is CN1CCC2(CC1)Cc1cc(/C=C/C(=O)O)cnc1NC2=O. The average Bonchev–Trinajstić information content (AvgIpc) is 2.49. The van der Waals surface area contributed by atoms with Gasteiger partial charge in [-0.1, -0.05) is 0 Å². The van der Waals surface area contributed by atoms with Crippen LogP contribution in [0.25, 0.3) is 6.08 Å². The summed E-state index contributed by atoms with van der Waals surface area (Å²) in [4.78, 5) is 29.6. The second-order valence-corrected chi connectivity index (χ2v) is 6.16. The molecule has 0 aliphatic carbocycles. The Morgan fingerprint density at radius 1 is 1.45 bits per heavy atom. The van der Waals surface area contributed by atoms with Gasteiger partial charge in [-0.25, -0.2) is 9.78 Å². The first-order valence-electron chi connectivity index (χ1n) is 7.38. The number of aromatic nitrogens is 1. The lowest BCUT2D eigenvalue weighted by Crippen LogP contribution is -2.49. The first kappa shape index (κ1) is 14.7. The second-order valence-electron chi connectivity index (χ2n) is 6.16. The zero-order valence-electron chi connectivity index (χ0n) is 12.5. The molecule has 0 saturated carbocycles. The normalized spacial score (nSPS) is 20.9. The van der Waals surface area contributed by atoms with Crippen molar-refractivity contribution in [2.24, 2.45) is 5.41 Å². The highest BCUT2D eigenvalue weighted by molar-refractivity contribution is 5.97. The van der Waals surface area contributed by atoms with Crippen LogP contribution in [0.3, 0.4) is 0 Å². The van der Waals surface area contributed by atoms with Gasteiger partial charge >= 0.3 is 5.97 Å². The Balaban J connectivity index is 1.88. The summed E-state index contributed by atoms with van der Waals surface area (Å²) in [5.74, 6) is -0.325. The summed E-state index contributed by atoms with van der Waals surface area (Å²) < 4.78 is 0. The zero-order valence-corrected chi connectivity index (χ0v) is 12.5. The Bertz CT molecular complexity index is 646. The maximum atomic E-state index is 12.5. The van der Waals surface area contributed by atoms with E-state index in [0.717, 1.165) is 43.1 Å². The monoisotopic (exact) mass is 301 g/mol. The molecule has 22 heavy (non-hydrogen) atoms. The molecule has 0 unspecified atom stereocenters. The molecule has 1 spiro atoms. The summed E-state index contributed by atoms with van der Waals surface area (Å²) in [6.45, 7) is 1.82. The third-order valence-electron chi connectivity index (χ3n) is 4.59. The molecule has 0 radical (unpaired) electrons. The van der Waals surface area contributed by atoms with Crippen LogP contribution in [-0.4, -0.2) is 47.0 Å². The van der Waals surface area contributed by atoms with Gasteiger partial charge in [0.25, 0.3) is 0 Å². The molecule has 3 rings (SSSR count). The minimum Gasteiger partial charge on any atom is -0.478 e. The van der Waals surface area contributed by atoms with E-state index in [1.54, 1.807) is 6.20 Å². The van der Waals surface area contributed by atoms with Crippen LogP contribution in [0, 0.1) is 5.41 Å². The van der Waals surface area contributed by atoms with Crippen molar-refractivity contribution in [3.8, 4) is 0 Å². The minimum atomic E-state index is -0.988. The number of amides is 1. The number of pyridine rings is 1. The van der Waals surface area contributed by atoms with Crippen LogP contribution in [0.5, 0.6) is 0 Å². The van der Waals surface area contributed by atoms with E-state index in [1.165, 1.54) is 6.08 Å². The number of aliphatic carboxylic acids is 1. The molecule has 2 aliphatic heterocycles. The van der Waals surface area contributed by atoms with Gasteiger partial charge in [0.05, 0.1) is 5.41 Å². The fourth-order valence-electron chi connectivity index (χ4n) is 3.17. The lowest BCUT2D eigenvalue weighted by molar-refractivity contribution is -0.131. The van der Waals surface area contributed by atoms with E-state index in [1.807, 2.05) is 6.07 Å². The molecule has 0 aromatic carbocycles. The Morgan fingerprint density at radius 3 is 2.86 bits per heavy atom. The van der Waals surface area contributed by atoms with Crippen molar-refractivity contribution in [3.63, 3.8) is 0 Å². The number of fused-ring (bicyclic) bond motifs is 1. The number of nitrogens with one attached hydrogen (secondary N) is 1. The number of hydrogen-bond acceptors (Lipinski definition) is 4. The number of hydrogen-bond donors (Lipinski definition) is 2. The molecule has 1 aromatic rings. The molecule has 6 nitrogen and oxygen atoms in total. The van der Waals surface area contributed by atoms with Crippen molar-refractivity contribution < 1.29 is 14.7 Å². The van der Waals surface area contributed by atoms with E-state index in [0.29, 0.717) is 12.2 Å². The van der Waals surface area contributed by atoms with Gasteiger partial charge in [-0.3, -0.25) is 4.79 Å². The predicted molar refractivity (Wildman–Crippen MR) is 82.4 cm³/mol. The highest BCUT2D eigenvalue weighted by Gasteiger charge is 2.44. The van der Waals surface area contributed by atoms with Crippen LogP contribution in [0.2, 0.25) is 0 Å². The number of piperidine rings is 1. The van der Waals surface area contributed by atoms with Gasteiger partial charge < -0.3 is 15.3 Å². The van der Waals surface area contributed by atoms with E-state index in [-0.39, 0.29) is 11.3 Å². The summed E-state index contributed by atoms with van der Waals surface area (Å²) in [5.41, 5.74) is 1.37. The third kappa shape index (κ3) is 2.74. The lowest BCUT2D eigenvalue weighted by Gasteiger charge is -2.42. The van der Waals surface area contributed by atoms with Crippen LogP contribution >= 0.6 is 0 Å². The minimum absolute atomic E-state index is 0.0643. The maximum absolute atomic E-state index is 12.5. The van der Waals surface area contributed by atoms with Crippen molar-refractivity contribution >= 4 is 23.8 Å².